The van der Waals surface area contributed by atoms with E-state index >= 15 is 0 Å². The molecule has 3 aliphatic rings. The van der Waals surface area contributed by atoms with E-state index in [1.807, 2.05) is 0 Å². The monoisotopic (exact) mass is 286 g/mol. The largest absolute Gasteiger partial charge is 0.316 e. The van der Waals surface area contributed by atoms with E-state index in [4.69, 9.17) is 0 Å². The molecule has 0 radical (unpaired) electrons. The molecule has 2 atom stereocenters. The number of rotatable bonds is 3. The maximum absolute atomic E-state index is 3.55. The molecule has 2 saturated heterocycles. The highest BCUT2D eigenvalue weighted by atomic mass is 35.5. The number of hydrogen-bond donors (Lipinski definition) is 1. The predicted octanol–water partition coefficient (Wildman–Crippen LogP) is 3.45. The fourth-order valence-electron chi connectivity index (χ4n) is 4.59. The zero-order valence-corrected chi connectivity index (χ0v) is 13.3. The molecule has 0 aromatic heterocycles. The van der Waals surface area contributed by atoms with Crippen LogP contribution in [0, 0.1) is 11.3 Å². The first kappa shape index (κ1) is 15.6. The van der Waals surface area contributed by atoms with Gasteiger partial charge in [-0.2, -0.15) is 0 Å². The van der Waals surface area contributed by atoms with Gasteiger partial charge >= 0.3 is 0 Å². The molecule has 0 amide bonds. The number of nitrogens with zero attached hydrogens (tertiary/aromatic N) is 1. The van der Waals surface area contributed by atoms with Crippen LogP contribution in [0.25, 0.3) is 0 Å². The summed E-state index contributed by atoms with van der Waals surface area (Å²) in [4.78, 5) is 2.86. The van der Waals surface area contributed by atoms with Crippen LogP contribution in [0.15, 0.2) is 0 Å². The van der Waals surface area contributed by atoms with Crippen LogP contribution in [0.3, 0.4) is 0 Å². The molecule has 2 unspecified atom stereocenters. The summed E-state index contributed by atoms with van der Waals surface area (Å²) in [6.45, 7) is 7.68. The van der Waals surface area contributed by atoms with Crippen LogP contribution < -0.4 is 5.32 Å². The average molecular weight is 287 g/mol. The molecule has 112 valence electrons. The van der Waals surface area contributed by atoms with Gasteiger partial charge in [-0.3, -0.25) is 4.90 Å². The van der Waals surface area contributed by atoms with Crippen LogP contribution in [-0.2, 0) is 0 Å². The molecular formula is C16H31ClN2. The van der Waals surface area contributed by atoms with Gasteiger partial charge in [0.2, 0.25) is 0 Å². The molecule has 1 saturated carbocycles. The minimum atomic E-state index is 0. The van der Waals surface area contributed by atoms with Crippen molar-refractivity contribution in [3.63, 3.8) is 0 Å². The zero-order valence-electron chi connectivity index (χ0n) is 12.5. The number of halogens is 1. The summed E-state index contributed by atoms with van der Waals surface area (Å²) < 4.78 is 0. The molecule has 1 N–H and O–H groups in total. The van der Waals surface area contributed by atoms with E-state index in [2.05, 4.69) is 17.1 Å². The standard InChI is InChI=1S/C16H30N2.ClH/c1-16(9-10-17-12-16)13-18-11-5-8-15(18)14-6-3-2-4-7-14;/h14-15,17H,2-13H2,1H3;1H. The molecular weight excluding hydrogens is 256 g/mol. The maximum atomic E-state index is 3.55. The summed E-state index contributed by atoms with van der Waals surface area (Å²) in [6, 6.07) is 0.933. The Kier molecular flexibility index (Phi) is 5.56. The van der Waals surface area contributed by atoms with Crippen molar-refractivity contribution >= 4 is 12.4 Å². The SMILES string of the molecule is CC1(CN2CCCC2C2CCCCC2)CCNC1.Cl. The Morgan fingerprint density at radius 2 is 1.89 bits per heavy atom. The second-order valence-electron chi connectivity index (χ2n) is 7.32. The third-order valence-electron chi connectivity index (χ3n) is 5.65. The van der Waals surface area contributed by atoms with E-state index in [1.54, 1.807) is 0 Å². The Balaban J connectivity index is 0.00000133. The van der Waals surface area contributed by atoms with Gasteiger partial charge in [-0.25, -0.2) is 0 Å². The highest BCUT2D eigenvalue weighted by molar-refractivity contribution is 5.85. The fourth-order valence-corrected chi connectivity index (χ4v) is 4.59. The Hall–Kier alpha value is 0.210. The highest BCUT2D eigenvalue weighted by Gasteiger charge is 2.37. The number of hydrogen-bond acceptors (Lipinski definition) is 2. The molecule has 3 rings (SSSR count). The van der Waals surface area contributed by atoms with Gasteiger partial charge in [0.1, 0.15) is 0 Å². The molecule has 3 heteroatoms. The first-order chi connectivity index (χ1) is 8.77. The summed E-state index contributed by atoms with van der Waals surface area (Å²) in [5, 5.41) is 3.55. The Labute approximate surface area is 125 Å². The van der Waals surface area contributed by atoms with E-state index in [0.29, 0.717) is 5.41 Å². The molecule has 2 nitrogen and oxygen atoms in total. The average Bonchev–Trinajstić information content (AvgIpc) is 3.00. The molecule has 2 aliphatic heterocycles. The van der Waals surface area contributed by atoms with Crippen LogP contribution >= 0.6 is 12.4 Å². The zero-order chi connectivity index (χ0) is 12.4. The van der Waals surface area contributed by atoms with Gasteiger partial charge in [0.25, 0.3) is 0 Å². The minimum Gasteiger partial charge on any atom is -0.316 e. The van der Waals surface area contributed by atoms with Crippen LogP contribution in [0.2, 0.25) is 0 Å². The fraction of sp³-hybridized carbons (Fsp3) is 1.00. The van der Waals surface area contributed by atoms with Crippen molar-refractivity contribution in [3.05, 3.63) is 0 Å². The topological polar surface area (TPSA) is 15.3 Å². The number of likely N-dealkylation sites (tertiary alicyclic amines) is 1. The second-order valence-corrected chi connectivity index (χ2v) is 7.32. The lowest BCUT2D eigenvalue weighted by Crippen LogP contribution is -2.43. The predicted molar refractivity (Wildman–Crippen MR) is 84.0 cm³/mol. The molecule has 1 aliphatic carbocycles. The smallest absolute Gasteiger partial charge is 0.0124 e. The van der Waals surface area contributed by atoms with Crippen molar-refractivity contribution < 1.29 is 0 Å². The van der Waals surface area contributed by atoms with Crippen molar-refractivity contribution in [3.8, 4) is 0 Å². The molecule has 0 aromatic rings. The second kappa shape index (κ2) is 6.78. The molecule has 2 heterocycles. The molecule has 0 spiro atoms. The van der Waals surface area contributed by atoms with Crippen LogP contribution in [0.4, 0.5) is 0 Å². The van der Waals surface area contributed by atoms with Crippen LogP contribution in [0.1, 0.15) is 58.3 Å². The minimum absolute atomic E-state index is 0. The third kappa shape index (κ3) is 3.65. The van der Waals surface area contributed by atoms with Gasteiger partial charge < -0.3 is 5.32 Å². The summed E-state index contributed by atoms with van der Waals surface area (Å²) in [5.74, 6) is 1.03. The first-order valence-electron chi connectivity index (χ1n) is 8.22. The highest BCUT2D eigenvalue weighted by Crippen LogP contribution is 2.36. The summed E-state index contributed by atoms with van der Waals surface area (Å²) in [5.41, 5.74) is 0.553. The number of nitrogens with one attached hydrogen (secondary N) is 1. The van der Waals surface area contributed by atoms with Gasteiger partial charge in [-0.15, -0.1) is 12.4 Å². The van der Waals surface area contributed by atoms with Gasteiger partial charge in [0.15, 0.2) is 0 Å². The maximum Gasteiger partial charge on any atom is 0.0124 e. The molecule has 0 aromatic carbocycles. The Bertz CT molecular complexity index is 270. The van der Waals surface area contributed by atoms with E-state index in [0.717, 1.165) is 12.0 Å². The van der Waals surface area contributed by atoms with Crippen LogP contribution in [0.5, 0.6) is 0 Å². The molecule has 19 heavy (non-hydrogen) atoms. The lowest BCUT2D eigenvalue weighted by molar-refractivity contribution is 0.112. The Morgan fingerprint density at radius 3 is 2.58 bits per heavy atom. The summed E-state index contributed by atoms with van der Waals surface area (Å²) >= 11 is 0. The van der Waals surface area contributed by atoms with Crippen molar-refractivity contribution in [2.75, 3.05) is 26.2 Å². The quantitative estimate of drug-likeness (QED) is 0.855. The van der Waals surface area contributed by atoms with Gasteiger partial charge in [0.05, 0.1) is 0 Å². The van der Waals surface area contributed by atoms with Gasteiger partial charge in [0, 0.05) is 19.1 Å². The Morgan fingerprint density at radius 1 is 1.11 bits per heavy atom. The van der Waals surface area contributed by atoms with Crippen molar-refractivity contribution in [1.29, 1.82) is 0 Å². The lowest BCUT2D eigenvalue weighted by atomic mass is 9.82. The van der Waals surface area contributed by atoms with Crippen molar-refractivity contribution in [2.24, 2.45) is 11.3 Å². The third-order valence-corrected chi connectivity index (χ3v) is 5.65. The summed E-state index contributed by atoms with van der Waals surface area (Å²) in [6.07, 6.45) is 11.8. The van der Waals surface area contributed by atoms with E-state index in [1.165, 1.54) is 77.5 Å². The normalized spacial score (nSPS) is 37.4. The molecule has 3 fully saturated rings. The van der Waals surface area contributed by atoms with E-state index in [9.17, 15) is 0 Å². The van der Waals surface area contributed by atoms with Crippen molar-refractivity contribution in [1.82, 2.24) is 10.2 Å². The lowest BCUT2D eigenvalue weighted by Gasteiger charge is -2.38. The van der Waals surface area contributed by atoms with Crippen molar-refractivity contribution in [2.45, 2.75) is 64.3 Å². The van der Waals surface area contributed by atoms with Gasteiger partial charge in [-0.1, -0.05) is 26.2 Å². The molecule has 0 bridgehead atoms. The first-order valence-corrected chi connectivity index (χ1v) is 8.22. The van der Waals surface area contributed by atoms with Gasteiger partial charge in [-0.05, 0) is 56.5 Å². The van der Waals surface area contributed by atoms with E-state index in [-0.39, 0.29) is 12.4 Å². The van der Waals surface area contributed by atoms with Crippen LogP contribution in [-0.4, -0.2) is 37.1 Å². The van der Waals surface area contributed by atoms with E-state index < -0.39 is 0 Å². The summed E-state index contributed by atoms with van der Waals surface area (Å²) in [7, 11) is 0.